The highest BCUT2D eigenvalue weighted by molar-refractivity contribution is 8.00. The zero-order valence-electron chi connectivity index (χ0n) is 11.3. The number of rotatable bonds is 4. The average molecular weight is 272 g/mol. The lowest BCUT2D eigenvalue weighted by Gasteiger charge is -2.09. The second-order valence-corrected chi connectivity index (χ2v) is 6.79. The first kappa shape index (κ1) is 12.8. The quantitative estimate of drug-likeness (QED) is 0.927. The van der Waals surface area contributed by atoms with Crippen LogP contribution in [0.15, 0.2) is 47.6 Å². The van der Waals surface area contributed by atoms with E-state index < -0.39 is 0 Å². The number of hydrogen-bond acceptors (Lipinski definition) is 2. The summed E-state index contributed by atoms with van der Waals surface area (Å²) in [6.45, 7) is 3.14. The number of fused-ring (bicyclic) bond motifs is 1. The van der Waals surface area contributed by atoms with Crippen molar-refractivity contribution in [2.45, 2.75) is 42.5 Å². The minimum absolute atomic E-state index is 0.237. The molecule has 1 aliphatic heterocycles. The number of thioether (sulfide) groups is 1. The van der Waals surface area contributed by atoms with Crippen molar-refractivity contribution in [3.63, 3.8) is 0 Å². The van der Waals surface area contributed by atoms with Gasteiger partial charge in [0.05, 0.1) is 0 Å². The second kappa shape index (κ2) is 5.43. The predicted octanol–water partition coefficient (Wildman–Crippen LogP) is 3.09. The molecule has 0 saturated carbocycles. The number of aromatic nitrogens is 1. The van der Waals surface area contributed by atoms with Gasteiger partial charge in [-0.25, -0.2) is 0 Å². The Morgan fingerprint density at radius 3 is 3.00 bits per heavy atom. The maximum Gasteiger partial charge on any atom is 0.0345 e. The lowest BCUT2D eigenvalue weighted by molar-refractivity contribution is 0.663. The molecule has 3 rings (SSSR count). The van der Waals surface area contributed by atoms with Crippen LogP contribution in [0.3, 0.4) is 0 Å². The molecule has 0 fully saturated rings. The Morgan fingerprint density at radius 1 is 1.37 bits per heavy atom. The highest BCUT2D eigenvalue weighted by Crippen LogP contribution is 2.37. The van der Waals surface area contributed by atoms with Gasteiger partial charge in [0.2, 0.25) is 0 Å². The molecule has 0 bridgehead atoms. The van der Waals surface area contributed by atoms with E-state index in [0.717, 1.165) is 13.0 Å². The van der Waals surface area contributed by atoms with Crippen LogP contribution in [0, 0.1) is 0 Å². The fourth-order valence-electron chi connectivity index (χ4n) is 2.69. The smallest absolute Gasteiger partial charge is 0.0345 e. The van der Waals surface area contributed by atoms with Crippen molar-refractivity contribution in [2.75, 3.05) is 0 Å². The molecule has 2 atom stereocenters. The largest absolute Gasteiger partial charge is 0.353 e. The lowest BCUT2D eigenvalue weighted by Crippen LogP contribution is -2.17. The topological polar surface area (TPSA) is 30.9 Å². The predicted molar refractivity (Wildman–Crippen MR) is 81.6 cm³/mol. The Morgan fingerprint density at radius 2 is 2.21 bits per heavy atom. The molecule has 0 saturated heterocycles. The Labute approximate surface area is 119 Å². The molecule has 0 aliphatic carbocycles. The van der Waals surface area contributed by atoms with Crippen LogP contribution in [0.1, 0.15) is 18.1 Å². The first-order chi connectivity index (χ1) is 9.20. The van der Waals surface area contributed by atoms with Gasteiger partial charge in [0.15, 0.2) is 0 Å². The van der Waals surface area contributed by atoms with Gasteiger partial charge in [-0.15, -0.1) is 11.8 Å². The van der Waals surface area contributed by atoms with Gasteiger partial charge < -0.3 is 10.3 Å². The van der Waals surface area contributed by atoms with Gasteiger partial charge in [-0.1, -0.05) is 18.2 Å². The van der Waals surface area contributed by atoms with Gasteiger partial charge in [-0.3, -0.25) is 0 Å². The van der Waals surface area contributed by atoms with Crippen molar-refractivity contribution < 1.29 is 0 Å². The van der Waals surface area contributed by atoms with E-state index in [1.165, 1.54) is 22.4 Å². The summed E-state index contributed by atoms with van der Waals surface area (Å²) in [6.07, 6.45) is 6.57. The Balaban J connectivity index is 1.63. The van der Waals surface area contributed by atoms with Gasteiger partial charge in [-0.05, 0) is 43.0 Å². The molecule has 1 aromatic carbocycles. The van der Waals surface area contributed by atoms with Crippen LogP contribution in [0.5, 0.6) is 0 Å². The fourth-order valence-corrected chi connectivity index (χ4v) is 4.02. The third-order valence-electron chi connectivity index (χ3n) is 3.50. The van der Waals surface area contributed by atoms with Crippen molar-refractivity contribution in [3.05, 3.63) is 53.9 Å². The van der Waals surface area contributed by atoms with Crippen molar-refractivity contribution in [3.8, 4) is 0 Å². The standard InChI is InChI=1S/C16H20N2S/c1-12(17)8-13-6-7-18(10-13)11-15-9-14-4-2-3-5-16(14)19-15/h2-7,10,12,15H,8-9,11,17H2,1H3. The zero-order valence-corrected chi connectivity index (χ0v) is 12.1. The molecule has 2 N–H and O–H groups in total. The van der Waals surface area contributed by atoms with E-state index in [-0.39, 0.29) is 6.04 Å². The van der Waals surface area contributed by atoms with Crippen LogP contribution in [-0.4, -0.2) is 15.9 Å². The molecule has 2 nitrogen and oxygen atoms in total. The van der Waals surface area contributed by atoms with Crippen molar-refractivity contribution in [1.29, 1.82) is 0 Å². The van der Waals surface area contributed by atoms with Gasteiger partial charge in [0.1, 0.15) is 0 Å². The van der Waals surface area contributed by atoms with Crippen molar-refractivity contribution in [1.82, 2.24) is 4.57 Å². The summed E-state index contributed by atoms with van der Waals surface area (Å²) < 4.78 is 2.31. The third-order valence-corrected chi connectivity index (χ3v) is 4.80. The van der Waals surface area contributed by atoms with Gasteiger partial charge in [0, 0.05) is 35.1 Å². The van der Waals surface area contributed by atoms with Crippen LogP contribution < -0.4 is 5.73 Å². The molecular formula is C16H20N2S. The molecule has 1 aromatic heterocycles. The van der Waals surface area contributed by atoms with E-state index in [1.807, 2.05) is 11.8 Å². The first-order valence-electron chi connectivity index (χ1n) is 6.85. The number of benzene rings is 1. The van der Waals surface area contributed by atoms with Crippen LogP contribution in [0.25, 0.3) is 0 Å². The van der Waals surface area contributed by atoms with Crippen LogP contribution in [0.4, 0.5) is 0 Å². The summed E-state index contributed by atoms with van der Waals surface area (Å²) in [6, 6.07) is 11.2. The minimum atomic E-state index is 0.237. The summed E-state index contributed by atoms with van der Waals surface area (Å²) in [5.74, 6) is 0. The van der Waals surface area contributed by atoms with E-state index in [2.05, 4.69) is 54.2 Å². The number of nitrogens with two attached hydrogens (primary N) is 1. The Kier molecular flexibility index (Phi) is 3.67. The molecule has 2 heterocycles. The summed E-state index contributed by atoms with van der Waals surface area (Å²) in [5, 5.41) is 0.660. The van der Waals surface area contributed by atoms with Crippen molar-refractivity contribution in [2.24, 2.45) is 5.73 Å². The van der Waals surface area contributed by atoms with E-state index in [0.29, 0.717) is 5.25 Å². The molecule has 1 aliphatic rings. The van der Waals surface area contributed by atoms with E-state index >= 15 is 0 Å². The fraction of sp³-hybridized carbons (Fsp3) is 0.375. The maximum absolute atomic E-state index is 5.84. The first-order valence-corrected chi connectivity index (χ1v) is 7.73. The van der Waals surface area contributed by atoms with Gasteiger partial charge in [-0.2, -0.15) is 0 Å². The molecule has 0 amide bonds. The molecule has 2 unspecified atom stereocenters. The molecule has 0 spiro atoms. The summed E-state index contributed by atoms with van der Waals surface area (Å²) in [5.41, 5.74) is 8.68. The Bertz CT molecular complexity index is 534. The molecule has 19 heavy (non-hydrogen) atoms. The molecule has 3 heteroatoms. The lowest BCUT2D eigenvalue weighted by atomic mass is 10.1. The average Bonchev–Trinajstić information content (AvgIpc) is 2.94. The molecule has 0 radical (unpaired) electrons. The van der Waals surface area contributed by atoms with Crippen LogP contribution in [-0.2, 0) is 19.4 Å². The summed E-state index contributed by atoms with van der Waals surface area (Å²) in [4.78, 5) is 1.45. The highest BCUT2D eigenvalue weighted by Gasteiger charge is 2.21. The molecule has 2 aromatic rings. The van der Waals surface area contributed by atoms with E-state index in [1.54, 1.807) is 0 Å². The maximum atomic E-state index is 5.84. The monoisotopic (exact) mass is 272 g/mol. The third kappa shape index (κ3) is 3.04. The SMILES string of the molecule is CC(N)Cc1ccn(CC2Cc3ccccc3S2)c1. The number of hydrogen-bond donors (Lipinski definition) is 1. The van der Waals surface area contributed by atoms with Crippen LogP contribution in [0.2, 0.25) is 0 Å². The Hall–Kier alpha value is -1.19. The molecule has 100 valence electrons. The van der Waals surface area contributed by atoms with Gasteiger partial charge >= 0.3 is 0 Å². The van der Waals surface area contributed by atoms with E-state index in [9.17, 15) is 0 Å². The highest BCUT2D eigenvalue weighted by atomic mass is 32.2. The van der Waals surface area contributed by atoms with Crippen molar-refractivity contribution >= 4 is 11.8 Å². The van der Waals surface area contributed by atoms with Crippen LogP contribution >= 0.6 is 11.8 Å². The summed E-state index contributed by atoms with van der Waals surface area (Å²) in [7, 11) is 0. The van der Waals surface area contributed by atoms with E-state index in [4.69, 9.17) is 5.73 Å². The normalized spacial score (nSPS) is 19.4. The second-order valence-electron chi connectivity index (χ2n) is 5.45. The summed E-state index contributed by atoms with van der Waals surface area (Å²) >= 11 is 2.01. The minimum Gasteiger partial charge on any atom is -0.353 e. The van der Waals surface area contributed by atoms with Gasteiger partial charge in [0.25, 0.3) is 0 Å². The number of nitrogens with zero attached hydrogens (tertiary/aromatic N) is 1. The zero-order chi connectivity index (χ0) is 13.2. The molecular weight excluding hydrogens is 252 g/mol.